The van der Waals surface area contributed by atoms with Crippen LogP contribution in [0.5, 0.6) is 11.5 Å². The van der Waals surface area contributed by atoms with Gasteiger partial charge in [-0.15, -0.1) is 0 Å². The van der Waals surface area contributed by atoms with Gasteiger partial charge < -0.3 is 9.84 Å². The Morgan fingerprint density at radius 3 is 3.11 bits per heavy atom. The summed E-state index contributed by atoms with van der Waals surface area (Å²) >= 11 is 0. The maximum absolute atomic E-state index is 9.02. The molecule has 9 heavy (non-hydrogen) atoms. The van der Waals surface area contributed by atoms with Crippen molar-refractivity contribution in [3.05, 3.63) is 23.8 Å². The van der Waals surface area contributed by atoms with E-state index >= 15 is 0 Å². The monoisotopic (exact) mass is 122 g/mol. The van der Waals surface area contributed by atoms with E-state index in [1.807, 2.05) is 12.1 Å². The van der Waals surface area contributed by atoms with Crippen LogP contribution < -0.4 is 4.74 Å². The highest BCUT2D eigenvalue weighted by Crippen LogP contribution is 2.32. The lowest BCUT2D eigenvalue weighted by Gasteiger charge is -1.93. The summed E-state index contributed by atoms with van der Waals surface area (Å²) in [6.07, 6.45) is 0. The van der Waals surface area contributed by atoms with Crippen LogP contribution in [0.4, 0.5) is 0 Å². The molecule has 0 aliphatic carbocycles. The molecule has 0 amide bonds. The second kappa shape index (κ2) is 1.41. The van der Waals surface area contributed by atoms with E-state index in [9.17, 15) is 0 Å². The van der Waals surface area contributed by atoms with Crippen LogP contribution in [0, 0.1) is 0 Å². The second-order valence-electron chi connectivity index (χ2n) is 2.09. The molecule has 1 aromatic rings. The average Bonchev–Trinajstić information content (AvgIpc) is 2.25. The van der Waals surface area contributed by atoms with Crippen molar-refractivity contribution in [2.24, 2.45) is 0 Å². The quantitative estimate of drug-likeness (QED) is 0.561. The molecule has 1 heterocycles. The zero-order valence-corrected chi connectivity index (χ0v) is 4.79. The van der Waals surface area contributed by atoms with Crippen molar-refractivity contribution in [3.63, 3.8) is 0 Å². The zero-order chi connectivity index (χ0) is 6.27. The minimum atomic E-state index is 0.233. The molecule has 2 nitrogen and oxygen atoms in total. The van der Waals surface area contributed by atoms with Gasteiger partial charge in [0.05, 0.1) is 0 Å². The summed E-state index contributed by atoms with van der Waals surface area (Å²) in [6, 6.07) is 5.35. The maximum Gasteiger partial charge on any atom is 0.161 e. The highest BCUT2D eigenvalue weighted by Gasteiger charge is 2.10. The van der Waals surface area contributed by atoms with E-state index in [0.29, 0.717) is 12.4 Å². The highest BCUT2D eigenvalue weighted by atomic mass is 16.5. The summed E-state index contributed by atoms with van der Waals surface area (Å²) in [7, 11) is 0. The fraction of sp³-hybridized carbons (Fsp3) is 0.143. The predicted octanol–water partition coefficient (Wildman–Crippen LogP) is 1.28. The van der Waals surface area contributed by atoms with Gasteiger partial charge in [-0.3, -0.25) is 0 Å². The second-order valence-corrected chi connectivity index (χ2v) is 2.09. The normalized spacial score (nSPS) is 13.3. The molecule has 0 saturated carbocycles. The van der Waals surface area contributed by atoms with Crippen LogP contribution in [0.3, 0.4) is 0 Å². The van der Waals surface area contributed by atoms with Crippen LogP contribution in [-0.2, 0) is 6.61 Å². The number of hydrogen-bond acceptors (Lipinski definition) is 2. The summed E-state index contributed by atoms with van der Waals surface area (Å²) in [6.45, 7) is 0.607. The smallest absolute Gasteiger partial charge is 0.161 e. The van der Waals surface area contributed by atoms with Gasteiger partial charge in [0.2, 0.25) is 0 Å². The van der Waals surface area contributed by atoms with Crippen molar-refractivity contribution < 1.29 is 9.84 Å². The first kappa shape index (κ1) is 4.68. The lowest BCUT2D eigenvalue weighted by molar-refractivity contribution is 0.310. The fourth-order valence-electron chi connectivity index (χ4n) is 0.925. The standard InChI is InChI=1S/C7H6O2/c8-6-2-1-5-3-7(6)9-4-5/h1-3,8H,4H2. The van der Waals surface area contributed by atoms with E-state index in [1.165, 1.54) is 0 Å². The number of phenols is 1. The van der Waals surface area contributed by atoms with Gasteiger partial charge in [-0.25, -0.2) is 0 Å². The van der Waals surface area contributed by atoms with E-state index in [4.69, 9.17) is 9.84 Å². The first-order valence-corrected chi connectivity index (χ1v) is 2.81. The van der Waals surface area contributed by atoms with Crippen LogP contribution in [-0.4, -0.2) is 5.11 Å². The van der Waals surface area contributed by atoms with Gasteiger partial charge in [-0.1, -0.05) is 6.07 Å². The van der Waals surface area contributed by atoms with Crippen molar-refractivity contribution in [1.82, 2.24) is 0 Å². The molecule has 46 valence electrons. The third-order valence-corrected chi connectivity index (χ3v) is 1.42. The van der Waals surface area contributed by atoms with Crippen LogP contribution in [0.1, 0.15) is 5.56 Å². The van der Waals surface area contributed by atoms with E-state index < -0.39 is 0 Å². The number of aromatic hydroxyl groups is 1. The Morgan fingerprint density at radius 1 is 1.44 bits per heavy atom. The molecule has 2 heteroatoms. The number of ether oxygens (including phenoxy) is 1. The topological polar surface area (TPSA) is 29.5 Å². The van der Waals surface area contributed by atoms with Crippen LogP contribution in [0.2, 0.25) is 0 Å². The number of hydrogen-bond donors (Lipinski definition) is 1. The lowest BCUT2D eigenvalue weighted by atomic mass is 10.2. The molecule has 2 bridgehead atoms. The Morgan fingerprint density at radius 2 is 2.33 bits per heavy atom. The Bertz CT molecular complexity index is 243. The number of phenolic OH excluding ortho intramolecular Hbond substituents is 1. The molecule has 2 rings (SSSR count). The van der Waals surface area contributed by atoms with Crippen molar-refractivity contribution in [2.45, 2.75) is 6.61 Å². The summed E-state index contributed by atoms with van der Waals surface area (Å²) in [5, 5.41) is 9.02. The molecular formula is C7H6O2. The average molecular weight is 122 g/mol. The third kappa shape index (κ3) is 0.560. The number of benzene rings is 1. The molecule has 1 aliphatic heterocycles. The molecule has 0 fully saturated rings. The van der Waals surface area contributed by atoms with Gasteiger partial charge in [0.15, 0.2) is 11.5 Å². The largest absolute Gasteiger partial charge is 0.504 e. The molecule has 1 aliphatic rings. The van der Waals surface area contributed by atoms with Crippen LogP contribution in [0.15, 0.2) is 18.2 Å². The summed E-state index contributed by atoms with van der Waals surface area (Å²) < 4.78 is 5.06. The fourth-order valence-corrected chi connectivity index (χ4v) is 0.925. The van der Waals surface area contributed by atoms with Gasteiger partial charge in [0.1, 0.15) is 6.61 Å². The Balaban J connectivity index is 2.65. The van der Waals surface area contributed by atoms with Crippen molar-refractivity contribution in [1.29, 1.82) is 0 Å². The number of rotatable bonds is 0. The van der Waals surface area contributed by atoms with Gasteiger partial charge in [-0.05, 0) is 17.7 Å². The molecule has 1 N–H and O–H groups in total. The molecule has 0 radical (unpaired) electrons. The van der Waals surface area contributed by atoms with Crippen molar-refractivity contribution in [3.8, 4) is 11.5 Å². The molecule has 0 aromatic heterocycles. The van der Waals surface area contributed by atoms with E-state index in [2.05, 4.69) is 0 Å². The Labute approximate surface area is 52.7 Å². The lowest BCUT2D eigenvalue weighted by Crippen LogP contribution is -1.81. The van der Waals surface area contributed by atoms with Crippen molar-refractivity contribution >= 4 is 0 Å². The minimum Gasteiger partial charge on any atom is -0.504 e. The molecular weight excluding hydrogens is 116 g/mol. The van der Waals surface area contributed by atoms with Gasteiger partial charge in [0, 0.05) is 0 Å². The highest BCUT2D eigenvalue weighted by molar-refractivity contribution is 5.44. The molecule has 0 spiro atoms. The minimum absolute atomic E-state index is 0.233. The van der Waals surface area contributed by atoms with Crippen LogP contribution >= 0.6 is 0 Å². The SMILES string of the molecule is Oc1ccc2cc1OC2. The van der Waals surface area contributed by atoms with Gasteiger partial charge in [-0.2, -0.15) is 0 Å². The predicted molar refractivity (Wildman–Crippen MR) is 32.4 cm³/mol. The van der Waals surface area contributed by atoms with Gasteiger partial charge >= 0.3 is 0 Å². The first-order valence-electron chi connectivity index (χ1n) is 2.81. The summed E-state index contributed by atoms with van der Waals surface area (Å²) in [5.41, 5.74) is 1.13. The molecule has 0 saturated heterocycles. The van der Waals surface area contributed by atoms with E-state index in [-0.39, 0.29) is 5.75 Å². The summed E-state index contributed by atoms with van der Waals surface area (Å²) in [4.78, 5) is 0. The van der Waals surface area contributed by atoms with Crippen LogP contribution in [0.25, 0.3) is 0 Å². The molecule has 0 atom stereocenters. The molecule has 1 aromatic carbocycles. The Hall–Kier alpha value is -1.18. The van der Waals surface area contributed by atoms with Gasteiger partial charge in [0.25, 0.3) is 0 Å². The number of fused-ring (bicyclic) bond motifs is 2. The zero-order valence-electron chi connectivity index (χ0n) is 4.79. The molecule has 0 unspecified atom stereocenters. The first-order chi connectivity index (χ1) is 4.36. The van der Waals surface area contributed by atoms with E-state index in [0.717, 1.165) is 5.56 Å². The van der Waals surface area contributed by atoms with E-state index in [1.54, 1.807) is 6.07 Å². The summed E-state index contributed by atoms with van der Waals surface area (Å²) in [5.74, 6) is 0.837. The van der Waals surface area contributed by atoms with Crippen molar-refractivity contribution in [2.75, 3.05) is 0 Å². The third-order valence-electron chi connectivity index (χ3n) is 1.42. The maximum atomic E-state index is 9.02. The Kier molecular flexibility index (Phi) is 0.730.